The summed E-state index contributed by atoms with van der Waals surface area (Å²) in [6, 6.07) is 25.7. The van der Waals surface area contributed by atoms with Gasteiger partial charge in [0.2, 0.25) is 0 Å². The van der Waals surface area contributed by atoms with Crippen LogP contribution in [-0.2, 0) is 21.7 Å². The van der Waals surface area contributed by atoms with Crippen LogP contribution in [-0.4, -0.2) is 52.2 Å². The Bertz CT molecular complexity index is 2190. The van der Waals surface area contributed by atoms with E-state index in [1.165, 1.54) is 0 Å². The maximum atomic E-state index is 13.9. The van der Waals surface area contributed by atoms with E-state index in [1.54, 1.807) is 7.11 Å². The lowest BCUT2D eigenvalue weighted by atomic mass is 9.91. The van der Waals surface area contributed by atoms with Gasteiger partial charge in [-0.2, -0.15) is 0 Å². The van der Waals surface area contributed by atoms with Gasteiger partial charge in [-0.1, -0.05) is 54.6 Å². The van der Waals surface area contributed by atoms with E-state index in [1.807, 2.05) is 66.5 Å². The Kier molecular flexibility index (Phi) is 4.90. The number of rotatable bonds is 3. The summed E-state index contributed by atoms with van der Waals surface area (Å²) in [6.45, 7) is 2.56. The van der Waals surface area contributed by atoms with Crippen molar-refractivity contribution < 1.29 is 20.5 Å². The molecule has 0 spiro atoms. The smallest absolute Gasteiger partial charge is 0.253 e. The number of hydrogen-bond acceptors (Lipinski definition) is 4. The summed E-state index contributed by atoms with van der Waals surface area (Å²) in [5.74, 6) is -0.107. The second-order valence-electron chi connectivity index (χ2n) is 12.1. The van der Waals surface area contributed by atoms with Crippen molar-refractivity contribution in [1.82, 2.24) is 19.4 Å². The van der Waals surface area contributed by atoms with Gasteiger partial charge in [0, 0.05) is 55.7 Å². The zero-order valence-electron chi connectivity index (χ0n) is 24.1. The zero-order chi connectivity index (χ0) is 29.2. The second kappa shape index (κ2) is 8.46. The van der Waals surface area contributed by atoms with Crippen molar-refractivity contribution in [2.24, 2.45) is 0 Å². The van der Waals surface area contributed by atoms with Gasteiger partial charge in [0.25, 0.3) is 11.8 Å². The summed E-state index contributed by atoms with van der Waals surface area (Å²) < 4.78 is 18.1. The van der Waals surface area contributed by atoms with Crippen molar-refractivity contribution in [1.29, 1.82) is 0 Å². The first-order chi connectivity index (χ1) is 20.9. The highest BCUT2D eigenvalue weighted by atomic mass is 16.6. The van der Waals surface area contributed by atoms with E-state index in [0.29, 0.717) is 18.5 Å². The quantitative estimate of drug-likeness (QED) is 0.276. The number of carbonyl (C=O) groups is 2. The van der Waals surface area contributed by atoms with Crippen LogP contribution in [0.3, 0.4) is 0 Å². The summed E-state index contributed by atoms with van der Waals surface area (Å²) in [4.78, 5) is 29.2. The lowest BCUT2D eigenvalue weighted by Gasteiger charge is -2.50. The molecule has 9 rings (SSSR count). The molecule has 1 fully saturated rings. The topological polar surface area (TPSA) is 77.7 Å². The monoisotopic (exact) mass is 572 g/mol. The van der Waals surface area contributed by atoms with E-state index < -0.39 is 18.1 Å². The van der Waals surface area contributed by atoms with Crippen LogP contribution in [0.4, 0.5) is 0 Å². The number of para-hydroxylation sites is 2. The van der Waals surface area contributed by atoms with Crippen LogP contribution in [0.15, 0.2) is 78.9 Å². The highest BCUT2D eigenvalue weighted by molar-refractivity contribution is 6.31. The van der Waals surface area contributed by atoms with Crippen molar-refractivity contribution >= 4 is 55.4 Å². The van der Waals surface area contributed by atoms with Gasteiger partial charge < -0.3 is 28.8 Å². The van der Waals surface area contributed by atoms with Crippen LogP contribution in [0.5, 0.6) is 0 Å². The molecule has 1 N–H and O–H groups in total. The third kappa shape index (κ3) is 2.97. The molecule has 0 saturated carbocycles. The fourth-order valence-electron chi connectivity index (χ4n) is 8.33. The van der Waals surface area contributed by atoms with Crippen molar-refractivity contribution in [3.8, 4) is 0 Å². The first kappa shape index (κ1) is 24.9. The van der Waals surface area contributed by atoms with Gasteiger partial charge in [-0.25, -0.2) is 0 Å². The van der Waals surface area contributed by atoms with Crippen LogP contribution in [0.1, 0.15) is 47.3 Å². The van der Waals surface area contributed by atoms with E-state index in [2.05, 4.69) is 45.6 Å². The van der Waals surface area contributed by atoms with E-state index in [9.17, 15) is 9.59 Å². The van der Waals surface area contributed by atoms with Crippen LogP contribution < -0.4 is 5.32 Å². The molecule has 4 atom stereocenters. The number of amides is 2. The number of hydrogen-bond donors (Lipinski definition) is 1. The minimum atomic E-state index is -0.980. The van der Waals surface area contributed by atoms with E-state index >= 15 is 0 Å². The highest BCUT2D eigenvalue weighted by Gasteiger charge is 2.55. The second-order valence-corrected chi connectivity index (χ2v) is 12.1. The standard InChI is InChI=1S/C35H30N4O4.H2/c1-35-32(42-3)25(37(2)34(41)19-11-5-4-6-12-19)17-26(43-35)38-23-15-9-7-13-20(23)28-29-22(18-36-33(29)40)27-21-14-8-10-16-24(21)39(35)31(27)30(28)38;/h4-16,25-26,32H,17-18H2,1-3H3,(H,36,40);1H/t25-,26-,32-,35+;/m1./s1. The van der Waals surface area contributed by atoms with Crippen LogP contribution in [0, 0.1) is 0 Å². The molecule has 0 unspecified atom stereocenters. The van der Waals surface area contributed by atoms with Gasteiger partial charge in [0.1, 0.15) is 12.3 Å². The summed E-state index contributed by atoms with van der Waals surface area (Å²) in [5, 5.41) is 7.24. The molecular weight excluding hydrogens is 540 g/mol. The molecule has 3 aliphatic heterocycles. The summed E-state index contributed by atoms with van der Waals surface area (Å²) in [5.41, 5.74) is 5.46. The van der Waals surface area contributed by atoms with Crippen molar-refractivity contribution in [2.45, 2.75) is 44.0 Å². The molecule has 1 saturated heterocycles. The largest absolute Gasteiger partial charge is 0.374 e. The fourth-order valence-corrected chi connectivity index (χ4v) is 8.33. The van der Waals surface area contributed by atoms with Gasteiger partial charge in [-0.05, 0) is 36.8 Å². The number of ether oxygens (including phenoxy) is 2. The Hall–Kier alpha value is -4.66. The molecule has 43 heavy (non-hydrogen) atoms. The molecule has 0 aliphatic carbocycles. The third-order valence-corrected chi connectivity index (χ3v) is 10.0. The summed E-state index contributed by atoms with van der Waals surface area (Å²) in [6.07, 6.45) is -0.386. The van der Waals surface area contributed by atoms with Gasteiger partial charge in [0.05, 0.1) is 33.7 Å². The molecule has 2 amide bonds. The molecule has 2 aromatic heterocycles. The summed E-state index contributed by atoms with van der Waals surface area (Å²) >= 11 is 0. The zero-order valence-corrected chi connectivity index (χ0v) is 24.1. The molecule has 6 aromatic rings. The normalized spacial score (nSPS) is 24.2. The number of nitrogens with one attached hydrogen (secondary N) is 1. The number of methoxy groups -OCH3 is 1. The highest BCUT2D eigenvalue weighted by Crippen LogP contribution is 2.54. The Morgan fingerprint density at radius 2 is 1.65 bits per heavy atom. The van der Waals surface area contributed by atoms with Crippen LogP contribution in [0.2, 0.25) is 0 Å². The van der Waals surface area contributed by atoms with E-state index in [0.717, 1.165) is 54.7 Å². The fraction of sp³-hybridized carbons (Fsp3) is 0.257. The molecule has 8 heteroatoms. The number of fused-ring (bicyclic) bond motifs is 13. The van der Waals surface area contributed by atoms with E-state index in [-0.39, 0.29) is 19.3 Å². The predicted octanol–water partition coefficient (Wildman–Crippen LogP) is 6.15. The van der Waals surface area contributed by atoms with Crippen molar-refractivity contribution in [3.05, 3.63) is 95.6 Å². The molecule has 4 aromatic carbocycles. The van der Waals surface area contributed by atoms with Gasteiger partial charge in [-0.15, -0.1) is 0 Å². The lowest BCUT2D eigenvalue weighted by molar-refractivity contribution is -0.264. The van der Waals surface area contributed by atoms with Crippen LogP contribution in [0.25, 0.3) is 43.6 Å². The number of carbonyl (C=O) groups excluding carboxylic acids is 2. The minimum absolute atomic E-state index is 0. The van der Waals surface area contributed by atoms with Gasteiger partial charge in [-0.3, -0.25) is 9.59 Å². The van der Waals surface area contributed by atoms with Crippen molar-refractivity contribution in [2.75, 3.05) is 14.2 Å². The number of nitrogens with zero attached hydrogens (tertiary/aromatic N) is 3. The predicted molar refractivity (Wildman–Crippen MR) is 167 cm³/mol. The van der Waals surface area contributed by atoms with E-state index in [4.69, 9.17) is 9.47 Å². The molecule has 0 radical (unpaired) electrons. The summed E-state index contributed by atoms with van der Waals surface area (Å²) in [7, 11) is 3.57. The SMILES string of the molecule is CO[C@@H]1[C@H](N(C)C(=O)c2ccccc2)C[C@H]2O[C@]1(C)n1c3ccccc3c3c4c(c5c6ccccc6n2c5c31)C(=O)NC4.[HH]. The number of aromatic nitrogens is 2. The first-order valence-electron chi connectivity index (χ1n) is 14.8. The maximum absolute atomic E-state index is 13.9. The van der Waals surface area contributed by atoms with Crippen molar-refractivity contribution in [3.63, 3.8) is 0 Å². The average Bonchev–Trinajstić information content (AvgIpc) is 3.68. The Labute approximate surface area is 248 Å². The number of benzene rings is 4. The molecule has 5 heterocycles. The van der Waals surface area contributed by atoms with Gasteiger partial charge >= 0.3 is 0 Å². The lowest BCUT2D eigenvalue weighted by Crippen LogP contribution is -2.61. The molecule has 2 bridgehead atoms. The average molecular weight is 573 g/mol. The Morgan fingerprint density at radius 1 is 0.977 bits per heavy atom. The maximum Gasteiger partial charge on any atom is 0.253 e. The Balaban J connectivity index is 0.00000289. The number of likely N-dealkylation sites (N-methyl/N-ethyl adjacent to an activating group) is 1. The third-order valence-electron chi connectivity index (χ3n) is 10.0. The molecule has 216 valence electrons. The van der Waals surface area contributed by atoms with Gasteiger partial charge in [0.15, 0.2) is 5.72 Å². The molecular formula is C35H32N4O4. The molecule has 8 nitrogen and oxygen atoms in total. The first-order valence-corrected chi connectivity index (χ1v) is 14.8. The van der Waals surface area contributed by atoms with Crippen LogP contribution >= 0.6 is 0 Å². The Morgan fingerprint density at radius 3 is 2.40 bits per heavy atom. The minimum Gasteiger partial charge on any atom is -0.374 e. The molecule has 3 aliphatic rings.